The molecule has 6 nitrogen and oxygen atoms in total. The van der Waals surface area contributed by atoms with Crippen molar-refractivity contribution in [2.24, 2.45) is 0 Å². The van der Waals surface area contributed by atoms with Crippen molar-refractivity contribution in [2.75, 3.05) is 11.9 Å². The molecule has 1 atom stereocenters. The molecule has 1 heterocycles. The van der Waals surface area contributed by atoms with Crippen LogP contribution in [-0.2, 0) is 9.59 Å². The number of anilines is 1. The molecule has 2 rings (SSSR count). The van der Waals surface area contributed by atoms with Crippen LogP contribution in [0.2, 0.25) is 0 Å². The summed E-state index contributed by atoms with van der Waals surface area (Å²) >= 11 is 0. The molecule has 7 heteroatoms. The Morgan fingerprint density at radius 1 is 1.40 bits per heavy atom. The van der Waals surface area contributed by atoms with Crippen LogP contribution in [-0.4, -0.2) is 35.3 Å². The molecular formula is C13H14FN3O3. The number of rotatable bonds is 2. The summed E-state index contributed by atoms with van der Waals surface area (Å²) in [6.07, 6.45) is 0.399. The molecule has 0 aliphatic carbocycles. The van der Waals surface area contributed by atoms with E-state index >= 15 is 0 Å². The number of benzene rings is 1. The van der Waals surface area contributed by atoms with Gasteiger partial charge < -0.3 is 10.2 Å². The second-order valence-electron chi connectivity index (χ2n) is 4.40. The Labute approximate surface area is 114 Å². The van der Waals surface area contributed by atoms with Crippen LogP contribution in [0.4, 0.5) is 14.9 Å². The molecule has 1 aliphatic rings. The highest BCUT2D eigenvalue weighted by Gasteiger charge is 2.35. The fourth-order valence-electron chi connectivity index (χ4n) is 2.01. The zero-order chi connectivity index (χ0) is 14.7. The van der Waals surface area contributed by atoms with Gasteiger partial charge in [-0.05, 0) is 30.7 Å². The van der Waals surface area contributed by atoms with Gasteiger partial charge in [-0.2, -0.15) is 0 Å². The summed E-state index contributed by atoms with van der Waals surface area (Å²) in [5.74, 6) is -1.42. The molecular weight excluding hydrogens is 265 g/mol. The van der Waals surface area contributed by atoms with Crippen molar-refractivity contribution in [3.05, 3.63) is 30.1 Å². The lowest BCUT2D eigenvalue weighted by molar-refractivity contribution is -0.138. The molecule has 20 heavy (non-hydrogen) atoms. The molecule has 106 valence electrons. The van der Waals surface area contributed by atoms with Gasteiger partial charge in [-0.15, -0.1) is 0 Å². The van der Waals surface area contributed by atoms with E-state index < -0.39 is 29.7 Å². The van der Waals surface area contributed by atoms with E-state index in [0.29, 0.717) is 12.1 Å². The second kappa shape index (κ2) is 5.68. The van der Waals surface area contributed by atoms with Crippen molar-refractivity contribution in [1.29, 1.82) is 0 Å². The smallest absolute Gasteiger partial charge is 0.308 e. The number of urea groups is 1. The zero-order valence-electron chi connectivity index (χ0n) is 10.9. The van der Waals surface area contributed by atoms with Crippen LogP contribution in [0.3, 0.4) is 0 Å². The maximum absolute atomic E-state index is 12.8. The van der Waals surface area contributed by atoms with Gasteiger partial charge in [0.1, 0.15) is 18.4 Å². The summed E-state index contributed by atoms with van der Waals surface area (Å²) < 4.78 is 12.8. The maximum Gasteiger partial charge on any atom is 0.323 e. The lowest BCUT2D eigenvalue weighted by Gasteiger charge is -2.33. The Morgan fingerprint density at radius 3 is 2.65 bits per heavy atom. The molecule has 0 saturated carbocycles. The first-order valence-corrected chi connectivity index (χ1v) is 6.18. The third-order valence-corrected chi connectivity index (χ3v) is 3.00. The predicted octanol–water partition coefficient (Wildman–Crippen LogP) is 1.09. The van der Waals surface area contributed by atoms with Crippen LogP contribution < -0.4 is 10.6 Å². The molecule has 0 spiro atoms. The molecule has 1 saturated heterocycles. The standard InChI is InChI=1S/C13H14FN3O3/c1-2-10-12(19)16-11(18)7-17(10)13(20)15-9-5-3-8(14)4-6-9/h3-6,10H,2,7H2,1H3,(H,15,20)(H,16,18,19). The Morgan fingerprint density at radius 2 is 2.05 bits per heavy atom. The zero-order valence-corrected chi connectivity index (χ0v) is 10.9. The number of hydrogen-bond acceptors (Lipinski definition) is 3. The number of imide groups is 1. The first-order valence-electron chi connectivity index (χ1n) is 6.18. The Balaban J connectivity index is 2.11. The molecule has 1 unspecified atom stereocenters. The summed E-state index contributed by atoms with van der Waals surface area (Å²) in [6.45, 7) is 1.56. The van der Waals surface area contributed by atoms with E-state index in [-0.39, 0.29) is 6.54 Å². The minimum Gasteiger partial charge on any atom is -0.308 e. The van der Waals surface area contributed by atoms with E-state index in [0.717, 1.165) is 0 Å². The van der Waals surface area contributed by atoms with Gasteiger partial charge in [-0.3, -0.25) is 14.9 Å². The van der Waals surface area contributed by atoms with Gasteiger partial charge in [-0.25, -0.2) is 9.18 Å². The van der Waals surface area contributed by atoms with E-state index in [1.807, 2.05) is 0 Å². The Hall–Kier alpha value is -2.44. The van der Waals surface area contributed by atoms with Crippen molar-refractivity contribution < 1.29 is 18.8 Å². The number of halogens is 1. The van der Waals surface area contributed by atoms with Crippen LogP contribution in [0.5, 0.6) is 0 Å². The summed E-state index contributed by atoms with van der Waals surface area (Å²) in [7, 11) is 0. The normalized spacial score (nSPS) is 18.7. The Kier molecular flexibility index (Phi) is 3.97. The SMILES string of the molecule is CCC1C(=O)NC(=O)CN1C(=O)Nc1ccc(F)cc1. The monoisotopic (exact) mass is 279 g/mol. The number of carbonyl (C=O) groups excluding carboxylic acids is 3. The van der Waals surface area contributed by atoms with Crippen LogP contribution in [0.25, 0.3) is 0 Å². The number of nitrogens with zero attached hydrogens (tertiary/aromatic N) is 1. The number of amides is 4. The van der Waals surface area contributed by atoms with Gasteiger partial charge in [0.2, 0.25) is 11.8 Å². The van der Waals surface area contributed by atoms with Crippen molar-refractivity contribution in [3.63, 3.8) is 0 Å². The minimum atomic E-state index is -0.687. The number of hydrogen-bond donors (Lipinski definition) is 2. The van der Waals surface area contributed by atoms with Crippen LogP contribution in [0.1, 0.15) is 13.3 Å². The molecule has 1 fully saturated rings. The van der Waals surface area contributed by atoms with E-state index in [2.05, 4.69) is 10.6 Å². The fourth-order valence-corrected chi connectivity index (χ4v) is 2.01. The van der Waals surface area contributed by atoms with Crippen molar-refractivity contribution in [3.8, 4) is 0 Å². The first kappa shape index (κ1) is 14.0. The molecule has 0 aromatic heterocycles. The van der Waals surface area contributed by atoms with Crippen LogP contribution in [0.15, 0.2) is 24.3 Å². The van der Waals surface area contributed by atoms with E-state index in [1.54, 1.807) is 6.92 Å². The van der Waals surface area contributed by atoms with Gasteiger partial charge >= 0.3 is 6.03 Å². The lowest BCUT2D eigenvalue weighted by atomic mass is 10.1. The first-order chi connectivity index (χ1) is 9.51. The highest BCUT2D eigenvalue weighted by atomic mass is 19.1. The minimum absolute atomic E-state index is 0.183. The molecule has 0 bridgehead atoms. The third-order valence-electron chi connectivity index (χ3n) is 3.00. The number of carbonyl (C=O) groups is 3. The fraction of sp³-hybridized carbons (Fsp3) is 0.308. The lowest BCUT2D eigenvalue weighted by Crippen LogP contribution is -2.60. The van der Waals surface area contributed by atoms with Crippen molar-refractivity contribution in [2.45, 2.75) is 19.4 Å². The predicted molar refractivity (Wildman–Crippen MR) is 69.4 cm³/mol. The van der Waals surface area contributed by atoms with Crippen molar-refractivity contribution >= 4 is 23.5 Å². The van der Waals surface area contributed by atoms with E-state index in [9.17, 15) is 18.8 Å². The topological polar surface area (TPSA) is 78.5 Å². The summed E-state index contributed by atoms with van der Waals surface area (Å²) in [5.41, 5.74) is 0.393. The van der Waals surface area contributed by atoms with E-state index in [1.165, 1.54) is 29.2 Å². The Bertz CT molecular complexity index is 544. The molecule has 4 amide bonds. The molecule has 0 radical (unpaired) electrons. The average Bonchev–Trinajstić information content (AvgIpc) is 2.40. The van der Waals surface area contributed by atoms with Crippen molar-refractivity contribution in [1.82, 2.24) is 10.2 Å². The third kappa shape index (κ3) is 2.93. The summed E-state index contributed by atoms with van der Waals surface area (Å²) in [5, 5.41) is 4.72. The summed E-state index contributed by atoms with van der Waals surface area (Å²) in [6, 6.07) is 3.97. The average molecular weight is 279 g/mol. The number of nitrogens with one attached hydrogen (secondary N) is 2. The molecule has 1 aromatic rings. The molecule has 1 aromatic carbocycles. The highest BCUT2D eigenvalue weighted by Crippen LogP contribution is 2.13. The second-order valence-corrected chi connectivity index (χ2v) is 4.40. The van der Waals surface area contributed by atoms with Gasteiger partial charge in [0.15, 0.2) is 0 Å². The highest BCUT2D eigenvalue weighted by molar-refractivity contribution is 6.05. The van der Waals surface area contributed by atoms with Crippen LogP contribution >= 0.6 is 0 Å². The maximum atomic E-state index is 12.8. The molecule has 1 aliphatic heterocycles. The largest absolute Gasteiger partial charge is 0.323 e. The molecule has 2 N–H and O–H groups in total. The summed E-state index contributed by atoms with van der Waals surface area (Å²) in [4.78, 5) is 36.3. The van der Waals surface area contributed by atoms with Gasteiger partial charge in [0.25, 0.3) is 0 Å². The van der Waals surface area contributed by atoms with Crippen LogP contribution in [0, 0.1) is 5.82 Å². The van der Waals surface area contributed by atoms with E-state index in [4.69, 9.17) is 0 Å². The van der Waals surface area contributed by atoms with Gasteiger partial charge in [0.05, 0.1) is 0 Å². The quantitative estimate of drug-likeness (QED) is 0.796. The van der Waals surface area contributed by atoms with Gasteiger partial charge in [0, 0.05) is 5.69 Å². The van der Waals surface area contributed by atoms with Gasteiger partial charge in [-0.1, -0.05) is 6.92 Å². The number of piperazine rings is 1.